The van der Waals surface area contributed by atoms with Gasteiger partial charge in [0.15, 0.2) is 17.7 Å². The summed E-state index contributed by atoms with van der Waals surface area (Å²) in [4.78, 5) is 23.0. The number of esters is 1. The van der Waals surface area contributed by atoms with Gasteiger partial charge < -0.3 is 19.4 Å². The number of halogens is 3. The minimum Gasteiger partial charge on any atom is -0.544 e. The van der Waals surface area contributed by atoms with Gasteiger partial charge in [-0.3, -0.25) is 0 Å². The third kappa shape index (κ3) is 4.97. The Balaban J connectivity index is 2.22. The van der Waals surface area contributed by atoms with Gasteiger partial charge in [0.05, 0.1) is 5.56 Å². The number of benzene rings is 1. The summed E-state index contributed by atoms with van der Waals surface area (Å²) >= 11 is 0. The van der Waals surface area contributed by atoms with Gasteiger partial charge in [-0.1, -0.05) is 20.3 Å². The van der Waals surface area contributed by atoms with Gasteiger partial charge in [-0.05, 0) is 56.7 Å². The predicted molar refractivity (Wildman–Crippen MR) is 92.5 cm³/mol. The van der Waals surface area contributed by atoms with Crippen molar-refractivity contribution >= 4 is 11.9 Å². The van der Waals surface area contributed by atoms with Crippen LogP contribution in [0.5, 0.6) is 5.75 Å². The summed E-state index contributed by atoms with van der Waals surface area (Å²) in [5.41, 5.74) is -0.792. The van der Waals surface area contributed by atoms with E-state index in [1.165, 1.54) is 13.8 Å². The van der Waals surface area contributed by atoms with Crippen molar-refractivity contribution in [2.45, 2.75) is 70.5 Å². The quantitative estimate of drug-likeness (QED) is 0.654. The van der Waals surface area contributed by atoms with Gasteiger partial charge >= 0.3 is 11.9 Å². The number of hydrogen-bond donors (Lipinski definition) is 0. The predicted octanol–water partition coefficient (Wildman–Crippen LogP) is 3.49. The highest BCUT2D eigenvalue weighted by Gasteiger charge is 2.46. The van der Waals surface area contributed by atoms with Crippen LogP contribution < -0.4 is 9.84 Å². The van der Waals surface area contributed by atoms with E-state index >= 15 is 0 Å². The Hall–Kier alpha value is -2.25. The zero-order valence-corrected chi connectivity index (χ0v) is 16.1. The first kappa shape index (κ1) is 22.0. The molecular weight excluding hydrogens is 377 g/mol. The van der Waals surface area contributed by atoms with Crippen molar-refractivity contribution in [1.29, 1.82) is 0 Å². The third-order valence-corrected chi connectivity index (χ3v) is 4.90. The van der Waals surface area contributed by atoms with E-state index in [0.29, 0.717) is 0 Å². The fourth-order valence-corrected chi connectivity index (χ4v) is 3.30. The van der Waals surface area contributed by atoms with Gasteiger partial charge in [0.25, 0.3) is 0 Å². The molecule has 1 aliphatic rings. The molecule has 1 fully saturated rings. The summed E-state index contributed by atoms with van der Waals surface area (Å²) in [5, 5.41) is 10.7. The van der Waals surface area contributed by atoms with Gasteiger partial charge in [0.1, 0.15) is 11.6 Å². The second-order valence-corrected chi connectivity index (χ2v) is 7.74. The summed E-state index contributed by atoms with van der Waals surface area (Å²) in [6.07, 6.45) is 2.18. The summed E-state index contributed by atoms with van der Waals surface area (Å²) in [7, 11) is 0. The van der Waals surface area contributed by atoms with Crippen LogP contribution in [0.15, 0.2) is 18.2 Å². The van der Waals surface area contributed by atoms with E-state index in [-0.39, 0.29) is 11.3 Å². The van der Waals surface area contributed by atoms with Crippen LogP contribution in [-0.4, -0.2) is 29.6 Å². The number of carbonyl (C=O) groups is 2. The normalized spacial score (nSPS) is 17.8. The highest BCUT2D eigenvalue weighted by molar-refractivity contribution is 5.90. The van der Waals surface area contributed by atoms with E-state index in [4.69, 9.17) is 9.47 Å². The Kier molecular flexibility index (Phi) is 6.62. The van der Waals surface area contributed by atoms with Crippen molar-refractivity contribution in [3.8, 4) is 5.75 Å². The molecule has 0 aromatic heterocycles. The maximum absolute atomic E-state index is 14.2. The molecule has 1 aliphatic carbocycles. The third-order valence-electron chi connectivity index (χ3n) is 4.90. The lowest BCUT2D eigenvalue weighted by Crippen LogP contribution is -2.53. The highest BCUT2D eigenvalue weighted by Crippen LogP contribution is 2.34. The minimum atomic E-state index is -4.36. The van der Waals surface area contributed by atoms with E-state index in [1.807, 2.05) is 6.92 Å². The van der Waals surface area contributed by atoms with Gasteiger partial charge in [-0.15, -0.1) is 0 Å². The van der Waals surface area contributed by atoms with Crippen LogP contribution >= 0.6 is 0 Å². The van der Waals surface area contributed by atoms with E-state index in [9.17, 15) is 27.9 Å². The van der Waals surface area contributed by atoms with Crippen LogP contribution in [0.3, 0.4) is 0 Å². The van der Waals surface area contributed by atoms with Crippen molar-refractivity contribution in [2.75, 3.05) is 0 Å². The van der Waals surface area contributed by atoms with E-state index < -0.39 is 41.3 Å². The lowest BCUT2D eigenvalue weighted by Gasteiger charge is -2.34. The average Bonchev–Trinajstić information content (AvgIpc) is 2.61. The van der Waals surface area contributed by atoms with E-state index in [2.05, 4.69) is 0 Å². The van der Waals surface area contributed by atoms with Gasteiger partial charge in [-0.2, -0.15) is 8.78 Å². The Bertz CT molecular complexity index is 727. The molecule has 0 N–H and O–H groups in total. The van der Waals surface area contributed by atoms with E-state index in [1.54, 1.807) is 0 Å². The number of carboxylic acid groups (broad SMARTS) is 1. The zero-order valence-electron chi connectivity index (χ0n) is 16.1. The molecule has 28 heavy (non-hydrogen) atoms. The van der Waals surface area contributed by atoms with Crippen LogP contribution in [0, 0.1) is 11.7 Å². The molecule has 156 valence electrons. The molecule has 1 unspecified atom stereocenters. The molecule has 1 saturated carbocycles. The van der Waals surface area contributed by atoms with Crippen LogP contribution in [0.2, 0.25) is 0 Å². The summed E-state index contributed by atoms with van der Waals surface area (Å²) in [6, 6.07) is 3.15. The van der Waals surface area contributed by atoms with Gasteiger partial charge in [0, 0.05) is 0 Å². The number of aliphatic carboxylic acids is 1. The molecule has 0 spiro atoms. The molecule has 1 aromatic rings. The monoisotopic (exact) mass is 401 g/mol. The Labute approximate surface area is 161 Å². The standard InChI is InChI=1S/C20H25F3O5/c1-12(2)16(20(22,23)18(25)26)27-17(24)13-7-8-14(21)15(11-13)28-19(3)9-5-4-6-10-19/h7-8,11-12,16H,4-6,9-10H2,1-3H3,(H,25,26)/p-1. The van der Waals surface area contributed by atoms with E-state index in [0.717, 1.165) is 50.3 Å². The van der Waals surface area contributed by atoms with Gasteiger partial charge in [0.2, 0.25) is 0 Å². The first-order chi connectivity index (χ1) is 13.0. The molecule has 0 radical (unpaired) electrons. The maximum Gasteiger partial charge on any atom is 0.338 e. The molecule has 0 amide bonds. The average molecular weight is 401 g/mol. The number of ether oxygens (including phenoxy) is 2. The first-order valence-corrected chi connectivity index (χ1v) is 9.25. The number of hydrogen-bond acceptors (Lipinski definition) is 5. The SMILES string of the molecule is CC(C)C(OC(=O)c1ccc(F)c(OC2(C)CCCCC2)c1)C(F)(F)C(=O)[O-]. The van der Waals surface area contributed by atoms with Crippen molar-refractivity contribution in [2.24, 2.45) is 5.92 Å². The van der Waals surface area contributed by atoms with Crippen LogP contribution in [0.4, 0.5) is 13.2 Å². The van der Waals surface area contributed by atoms with Crippen molar-refractivity contribution in [3.05, 3.63) is 29.6 Å². The first-order valence-electron chi connectivity index (χ1n) is 9.25. The lowest BCUT2D eigenvalue weighted by atomic mass is 9.86. The number of carboxylic acids is 1. The largest absolute Gasteiger partial charge is 0.544 e. The Morgan fingerprint density at radius 1 is 1.18 bits per heavy atom. The molecule has 0 bridgehead atoms. The van der Waals surface area contributed by atoms with Crippen molar-refractivity contribution < 1.29 is 37.3 Å². The smallest absolute Gasteiger partial charge is 0.338 e. The molecule has 2 rings (SSSR count). The van der Waals surface area contributed by atoms with Crippen LogP contribution in [-0.2, 0) is 9.53 Å². The van der Waals surface area contributed by atoms with Crippen LogP contribution in [0.25, 0.3) is 0 Å². The molecule has 1 atom stereocenters. The highest BCUT2D eigenvalue weighted by atomic mass is 19.3. The second kappa shape index (κ2) is 8.41. The molecule has 8 heteroatoms. The molecule has 0 heterocycles. The lowest BCUT2D eigenvalue weighted by molar-refractivity contribution is -0.337. The molecule has 0 aliphatic heterocycles. The Morgan fingerprint density at radius 3 is 2.32 bits per heavy atom. The molecule has 5 nitrogen and oxygen atoms in total. The Morgan fingerprint density at radius 2 is 1.79 bits per heavy atom. The summed E-state index contributed by atoms with van der Waals surface area (Å²) in [6.45, 7) is 4.43. The van der Waals surface area contributed by atoms with Crippen molar-refractivity contribution in [3.63, 3.8) is 0 Å². The van der Waals surface area contributed by atoms with Crippen molar-refractivity contribution in [1.82, 2.24) is 0 Å². The fraction of sp³-hybridized carbons (Fsp3) is 0.600. The number of alkyl halides is 2. The molecule has 1 aromatic carbocycles. The topological polar surface area (TPSA) is 75.7 Å². The maximum atomic E-state index is 14.2. The molecule has 0 saturated heterocycles. The number of carbonyl (C=O) groups excluding carboxylic acids is 2. The van der Waals surface area contributed by atoms with Crippen LogP contribution in [0.1, 0.15) is 63.2 Å². The number of rotatable bonds is 7. The minimum absolute atomic E-state index is 0.174. The fourth-order valence-electron chi connectivity index (χ4n) is 3.30. The summed E-state index contributed by atoms with van der Waals surface area (Å²) < 4.78 is 52.3. The zero-order chi connectivity index (χ0) is 21.1. The van der Waals surface area contributed by atoms with Gasteiger partial charge in [-0.25, -0.2) is 9.18 Å². The second-order valence-electron chi connectivity index (χ2n) is 7.74. The molecular formula is C20H24F3O5-. The summed E-state index contributed by atoms with van der Waals surface area (Å²) in [5.74, 6) is -10.0.